The summed E-state index contributed by atoms with van der Waals surface area (Å²) in [4.78, 5) is 42.7. The number of nitrogens with zero attached hydrogens (tertiary/aromatic N) is 3. The lowest BCUT2D eigenvalue weighted by molar-refractivity contribution is -0.135. The fraction of sp³-hybridized carbons (Fsp3) is 0.708. The van der Waals surface area contributed by atoms with Crippen molar-refractivity contribution < 1.29 is 19.1 Å². The van der Waals surface area contributed by atoms with E-state index in [0.717, 1.165) is 32.2 Å². The van der Waals surface area contributed by atoms with Gasteiger partial charge in [0.15, 0.2) is 0 Å². The summed E-state index contributed by atoms with van der Waals surface area (Å²) in [6.45, 7) is 6.84. The fourth-order valence-electron chi connectivity index (χ4n) is 4.95. The smallest absolute Gasteiger partial charge is 0.343 e. The van der Waals surface area contributed by atoms with Crippen LogP contribution >= 0.6 is 0 Å². The molecule has 1 amide bonds. The van der Waals surface area contributed by atoms with Gasteiger partial charge in [0.2, 0.25) is 5.91 Å². The van der Waals surface area contributed by atoms with Gasteiger partial charge in [0, 0.05) is 49.8 Å². The summed E-state index contributed by atoms with van der Waals surface area (Å²) in [5.41, 5.74) is 0.693. The molecule has 1 fully saturated rings. The van der Waals surface area contributed by atoms with Crippen LogP contribution < -0.4 is 10.3 Å². The molecule has 0 spiro atoms. The topological polar surface area (TPSA) is 81.1 Å². The Hall–Kier alpha value is -2.35. The average molecular weight is 448 g/mol. The van der Waals surface area contributed by atoms with Gasteiger partial charge in [-0.05, 0) is 45.7 Å². The molecular formula is C24H37N3O5. The Morgan fingerprint density at radius 1 is 1.16 bits per heavy atom. The van der Waals surface area contributed by atoms with Crippen LogP contribution in [0, 0.1) is 5.92 Å². The molecule has 0 saturated carbocycles. The Labute approximate surface area is 190 Å². The number of methoxy groups -OCH3 is 1. The summed E-state index contributed by atoms with van der Waals surface area (Å²) in [6, 6.07) is 1.86. The van der Waals surface area contributed by atoms with E-state index in [2.05, 4.69) is 11.9 Å². The number of fused-ring (bicyclic) bond motifs is 1. The second kappa shape index (κ2) is 11.0. The van der Waals surface area contributed by atoms with Crippen molar-refractivity contribution in [1.29, 1.82) is 0 Å². The van der Waals surface area contributed by atoms with Gasteiger partial charge in [0.05, 0.1) is 13.7 Å². The molecule has 0 radical (unpaired) electrons. The molecule has 1 aromatic rings. The maximum atomic E-state index is 12.9. The number of ether oxygens (including phenoxy) is 2. The van der Waals surface area contributed by atoms with Gasteiger partial charge >= 0.3 is 5.97 Å². The van der Waals surface area contributed by atoms with Crippen molar-refractivity contribution in [2.45, 2.75) is 65.0 Å². The van der Waals surface area contributed by atoms with E-state index in [1.807, 2.05) is 18.7 Å². The van der Waals surface area contributed by atoms with E-state index in [1.165, 1.54) is 19.6 Å². The van der Waals surface area contributed by atoms with Crippen LogP contribution in [0.5, 0.6) is 5.75 Å². The number of hydrogen-bond acceptors (Lipinski definition) is 6. The molecule has 32 heavy (non-hydrogen) atoms. The summed E-state index contributed by atoms with van der Waals surface area (Å²) in [7, 11) is 3.45. The van der Waals surface area contributed by atoms with Crippen molar-refractivity contribution >= 4 is 11.9 Å². The zero-order valence-corrected chi connectivity index (χ0v) is 19.9. The lowest BCUT2D eigenvalue weighted by Crippen LogP contribution is -2.38. The first-order valence-corrected chi connectivity index (χ1v) is 11.9. The number of hydrogen-bond donors (Lipinski definition) is 0. The number of rotatable bonds is 8. The van der Waals surface area contributed by atoms with Crippen LogP contribution in [0.2, 0.25) is 0 Å². The number of likely N-dealkylation sites (tertiary alicyclic amines) is 1. The van der Waals surface area contributed by atoms with Crippen molar-refractivity contribution in [2.24, 2.45) is 5.92 Å². The minimum absolute atomic E-state index is 0.0133. The quantitative estimate of drug-likeness (QED) is 0.569. The molecule has 1 atom stereocenters. The van der Waals surface area contributed by atoms with E-state index < -0.39 is 5.97 Å². The van der Waals surface area contributed by atoms with Crippen molar-refractivity contribution in [1.82, 2.24) is 14.4 Å². The lowest BCUT2D eigenvalue weighted by Gasteiger charge is -2.24. The van der Waals surface area contributed by atoms with E-state index in [1.54, 1.807) is 4.57 Å². The van der Waals surface area contributed by atoms with Crippen LogP contribution in [-0.2, 0) is 22.5 Å². The SMILES string of the molecule is CCC(CC)C(=O)N1CCc2c(C(=O)OC)c(OCCC3CCCN3C)cc(=O)n2CC1. The highest BCUT2D eigenvalue weighted by molar-refractivity contribution is 5.93. The van der Waals surface area contributed by atoms with Crippen LogP contribution in [0.3, 0.4) is 0 Å². The molecule has 8 heteroatoms. The first kappa shape index (κ1) is 24.3. The Kier molecular flexibility index (Phi) is 8.34. The number of amides is 1. The molecule has 178 valence electrons. The van der Waals surface area contributed by atoms with E-state index in [-0.39, 0.29) is 23.1 Å². The molecule has 8 nitrogen and oxygen atoms in total. The van der Waals surface area contributed by atoms with Crippen LogP contribution in [0.25, 0.3) is 0 Å². The standard InChI is InChI=1S/C24H37N3O5/c1-5-17(6-2)23(29)26-12-9-19-22(24(30)31-4)20(16-21(28)27(19)14-13-26)32-15-10-18-8-7-11-25(18)3/h16-18H,5-15H2,1-4H3. The summed E-state index contributed by atoms with van der Waals surface area (Å²) >= 11 is 0. The average Bonchev–Trinajstić information content (AvgIpc) is 3.06. The highest BCUT2D eigenvalue weighted by Crippen LogP contribution is 2.26. The maximum absolute atomic E-state index is 12.9. The minimum atomic E-state index is -0.512. The third-order valence-electron chi connectivity index (χ3n) is 7.01. The van der Waals surface area contributed by atoms with Crippen molar-refractivity contribution in [3.8, 4) is 5.75 Å². The maximum Gasteiger partial charge on any atom is 0.343 e. The Morgan fingerprint density at radius 3 is 2.53 bits per heavy atom. The molecule has 2 aliphatic heterocycles. The summed E-state index contributed by atoms with van der Waals surface area (Å²) < 4.78 is 12.6. The van der Waals surface area contributed by atoms with Gasteiger partial charge in [0.25, 0.3) is 5.56 Å². The largest absolute Gasteiger partial charge is 0.492 e. The lowest BCUT2D eigenvalue weighted by atomic mass is 10.0. The summed E-state index contributed by atoms with van der Waals surface area (Å²) in [5, 5.41) is 0. The molecule has 2 aliphatic rings. The molecule has 0 aliphatic carbocycles. The van der Waals surface area contributed by atoms with Gasteiger partial charge in [0.1, 0.15) is 11.3 Å². The number of carbonyl (C=O) groups is 2. The van der Waals surface area contributed by atoms with E-state index in [9.17, 15) is 14.4 Å². The Morgan fingerprint density at radius 2 is 1.91 bits per heavy atom. The predicted octanol–water partition coefficient (Wildman–Crippen LogP) is 2.32. The van der Waals surface area contributed by atoms with Gasteiger partial charge in [-0.3, -0.25) is 9.59 Å². The van der Waals surface area contributed by atoms with Crippen molar-refractivity contribution in [3.05, 3.63) is 27.7 Å². The van der Waals surface area contributed by atoms with Gasteiger partial charge in [-0.2, -0.15) is 0 Å². The van der Waals surface area contributed by atoms with E-state index >= 15 is 0 Å². The van der Waals surface area contributed by atoms with E-state index in [4.69, 9.17) is 9.47 Å². The number of carbonyl (C=O) groups excluding carboxylic acids is 2. The number of aromatic nitrogens is 1. The third kappa shape index (κ3) is 5.17. The van der Waals surface area contributed by atoms with Crippen molar-refractivity contribution in [3.63, 3.8) is 0 Å². The number of esters is 1. The Balaban J connectivity index is 1.83. The van der Waals surface area contributed by atoms with Gasteiger partial charge in [-0.25, -0.2) is 4.79 Å². The third-order valence-corrected chi connectivity index (χ3v) is 7.01. The zero-order chi connectivity index (χ0) is 23.3. The van der Waals surface area contributed by atoms with E-state index in [0.29, 0.717) is 50.0 Å². The molecule has 3 rings (SSSR count). The molecule has 1 saturated heterocycles. The normalized spacial score (nSPS) is 19.0. The van der Waals surface area contributed by atoms with Gasteiger partial charge in [-0.15, -0.1) is 0 Å². The van der Waals surface area contributed by atoms with Crippen LogP contribution in [0.15, 0.2) is 10.9 Å². The second-order valence-electron chi connectivity index (χ2n) is 8.81. The monoisotopic (exact) mass is 447 g/mol. The van der Waals surface area contributed by atoms with Crippen molar-refractivity contribution in [2.75, 3.05) is 40.4 Å². The summed E-state index contributed by atoms with van der Waals surface area (Å²) in [5.74, 6) is -0.122. The molecule has 0 N–H and O–H groups in total. The highest BCUT2D eigenvalue weighted by Gasteiger charge is 2.29. The molecule has 1 aromatic heterocycles. The Bertz CT molecular complexity index is 877. The van der Waals surface area contributed by atoms with Crippen LogP contribution in [0.1, 0.15) is 62.0 Å². The predicted molar refractivity (Wildman–Crippen MR) is 122 cm³/mol. The zero-order valence-electron chi connectivity index (χ0n) is 19.9. The molecule has 0 bridgehead atoms. The van der Waals surface area contributed by atoms with Gasteiger partial charge < -0.3 is 23.8 Å². The molecule has 0 aromatic carbocycles. The molecule has 1 unspecified atom stereocenters. The summed E-state index contributed by atoms with van der Waals surface area (Å²) in [6.07, 6.45) is 5.15. The minimum Gasteiger partial charge on any atom is -0.492 e. The molecular weight excluding hydrogens is 410 g/mol. The highest BCUT2D eigenvalue weighted by atomic mass is 16.5. The molecule has 3 heterocycles. The second-order valence-corrected chi connectivity index (χ2v) is 8.81. The van der Waals surface area contributed by atoms with Gasteiger partial charge in [-0.1, -0.05) is 13.8 Å². The first-order chi connectivity index (χ1) is 15.4. The first-order valence-electron chi connectivity index (χ1n) is 11.9. The number of pyridine rings is 1. The fourth-order valence-corrected chi connectivity index (χ4v) is 4.95. The van der Waals surface area contributed by atoms with Crippen LogP contribution in [0.4, 0.5) is 0 Å². The van der Waals surface area contributed by atoms with Crippen LogP contribution in [-0.4, -0.2) is 72.7 Å².